The number of aryl methyl sites for hydroxylation is 1. The quantitative estimate of drug-likeness (QED) is 0.283. The zero-order valence-electron chi connectivity index (χ0n) is 19.6. The van der Waals surface area contributed by atoms with E-state index in [1.165, 1.54) is 17.8 Å². The summed E-state index contributed by atoms with van der Waals surface area (Å²) in [7, 11) is 0. The van der Waals surface area contributed by atoms with Gasteiger partial charge in [0.15, 0.2) is 11.5 Å². The predicted octanol–water partition coefficient (Wildman–Crippen LogP) is 5.71. The molecule has 9 rings (SSSR count). The third kappa shape index (κ3) is 3.02. The molecule has 0 saturated heterocycles. The Kier molecular flexibility index (Phi) is 4.17. The Morgan fingerprint density at radius 2 is 1.84 bits per heavy atom. The van der Waals surface area contributed by atoms with Crippen LogP contribution in [0.5, 0.6) is 0 Å². The average molecular weight is 545 g/mol. The van der Waals surface area contributed by atoms with Crippen molar-refractivity contribution in [2.75, 3.05) is 0 Å². The van der Waals surface area contributed by atoms with Crippen LogP contribution in [0.15, 0.2) is 18.7 Å². The molecule has 2 unspecified atom stereocenters. The fraction of sp³-hybridized carbons (Fsp3) is 0.500. The predicted molar refractivity (Wildman–Crippen MR) is 131 cm³/mol. The van der Waals surface area contributed by atoms with Gasteiger partial charge in [0, 0.05) is 10.8 Å². The summed E-state index contributed by atoms with van der Waals surface area (Å²) in [5.74, 6) is 1.88. The number of halogens is 4. The first kappa shape index (κ1) is 22.2. The fourth-order valence-electron chi connectivity index (χ4n) is 7.79. The minimum absolute atomic E-state index is 0.151. The van der Waals surface area contributed by atoms with Gasteiger partial charge in [0.25, 0.3) is 0 Å². The highest BCUT2D eigenvalue weighted by molar-refractivity contribution is 7.26. The zero-order chi connectivity index (χ0) is 25.3. The maximum Gasteiger partial charge on any atom is 0.433 e. The summed E-state index contributed by atoms with van der Waals surface area (Å²) in [6.07, 6.45) is 5.05. The molecule has 8 nitrogen and oxygen atoms in total. The lowest BCUT2D eigenvalue weighted by Crippen LogP contribution is -2.58. The van der Waals surface area contributed by atoms with E-state index in [2.05, 4.69) is 20.1 Å². The van der Waals surface area contributed by atoms with Crippen LogP contribution in [0.3, 0.4) is 0 Å². The van der Waals surface area contributed by atoms with E-state index in [9.17, 15) is 13.2 Å². The van der Waals surface area contributed by atoms with E-state index >= 15 is 0 Å². The van der Waals surface area contributed by atoms with Crippen LogP contribution in [0.1, 0.15) is 55.6 Å². The molecule has 4 aliphatic carbocycles. The van der Waals surface area contributed by atoms with Crippen molar-refractivity contribution in [2.45, 2.75) is 62.6 Å². The Labute approximate surface area is 216 Å². The molecule has 0 aromatic carbocycles. The SMILES string of the molecule is Cc1cc(C(F)(F)F)nc2sc3c(ncn4nc(C56CC7CC(C5)CC(n5cnc(Cl)n5)(C7)C6)nc34)c12. The van der Waals surface area contributed by atoms with Gasteiger partial charge in [0.05, 0.1) is 11.1 Å². The van der Waals surface area contributed by atoms with Crippen LogP contribution < -0.4 is 0 Å². The number of pyridine rings is 1. The molecule has 13 heteroatoms. The molecule has 0 radical (unpaired) electrons. The highest BCUT2D eigenvalue weighted by Gasteiger charge is 2.61. The second-order valence-corrected chi connectivity index (χ2v) is 12.5. The third-order valence-electron chi connectivity index (χ3n) is 8.71. The molecule has 4 saturated carbocycles. The molecular weight excluding hydrogens is 525 g/mol. The Bertz CT molecular complexity index is 1740. The minimum atomic E-state index is -4.51. The summed E-state index contributed by atoms with van der Waals surface area (Å²) in [6.45, 7) is 1.66. The Hall–Kier alpha value is -2.86. The number of aromatic nitrogens is 8. The van der Waals surface area contributed by atoms with Crippen LogP contribution in [0.4, 0.5) is 13.2 Å². The van der Waals surface area contributed by atoms with Crippen molar-refractivity contribution in [1.29, 1.82) is 0 Å². The first-order chi connectivity index (χ1) is 17.6. The first-order valence-corrected chi connectivity index (χ1v) is 13.4. The van der Waals surface area contributed by atoms with E-state index in [4.69, 9.17) is 21.7 Å². The van der Waals surface area contributed by atoms with Gasteiger partial charge in [-0.2, -0.15) is 13.2 Å². The van der Waals surface area contributed by atoms with Crippen molar-refractivity contribution in [3.63, 3.8) is 0 Å². The van der Waals surface area contributed by atoms with Crippen molar-refractivity contribution in [3.05, 3.63) is 41.1 Å². The minimum Gasteiger partial charge on any atom is -0.245 e. The van der Waals surface area contributed by atoms with Crippen LogP contribution in [0.25, 0.3) is 26.1 Å². The lowest BCUT2D eigenvalue weighted by atomic mass is 9.46. The smallest absolute Gasteiger partial charge is 0.245 e. The molecule has 4 bridgehead atoms. The second kappa shape index (κ2) is 6.96. The number of rotatable bonds is 2. The molecule has 0 spiro atoms. The van der Waals surface area contributed by atoms with Gasteiger partial charge in [0.2, 0.25) is 5.28 Å². The standard InChI is InChI=1S/C24H20ClF3N8S/c1-11-2-14(24(26,27)28)31-19-15(11)16-17(37-19)18-32-20(33-35(18)9-29-16)22-4-12-3-13(5-22)7-23(6-12,8-22)36-10-30-21(25)34-36/h2,9-10,12-13H,3-8H2,1H3. The topological polar surface area (TPSA) is 86.7 Å². The zero-order valence-corrected chi connectivity index (χ0v) is 21.2. The van der Waals surface area contributed by atoms with Crippen LogP contribution >= 0.6 is 22.9 Å². The molecule has 0 aliphatic heterocycles. The molecule has 4 aliphatic rings. The Morgan fingerprint density at radius 3 is 2.54 bits per heavy atom. The van der Waals surface area contributed by atoms with E-state index in [-0.39, 0.29) is 16.2 Å². The lowest BCUT2D eigenvalue weighted by Gasteiger charge is -2.60. The number of hydrogen-bond acceptors (Lipinski definition) is 7. The van der Waals surface area contributed by atoms with Gasteiger partial charge in [-0.05, 0) is 80.5 Å². The highest BCUT2D eigenvalue weighted by Crippen LogP contribution is 2.64. The highest BCUT2D eigenvalue weighted by atomic mass is 35.5. The van der Waals surface area contributed by atoms with Gasteiger partial charge in [-0.15, -0.1) is 21.5 Å². The van der Waals surface area contributed by atoms with Crippen LogP contribution in [-0.2, 0) is 17.1 Å². The summed E-state index contributed by atoms with van der Waals surface area (Å²) in [6, 6.07) is 1.08. The molecule has 5 aromatic heterocycles. The van der Waals surface area contributed by atoms with Crippen molar-refractivity contribution in [1.82, 2.24) is 39.3 Å². The fourth-order valence-corrected chi connectivity index (χ4v) is 9.10. The van der Waals surface area contributed by atoms with Gasteiger partial charge in [-0.1, -0.05) is 0 Å². The van der Waals surface area contributed by atoms with E-state index < -0.39 is 11.9 Å². The molecule has 5 aromatic rings. The van der Waals surface area contributed by atoms with Gasteiger partial charge in [-0.3, -0.25) is 0 Å². The largest absolute Gasteiger partial charge is 0.433 e. The molecule has 0 N–H and O–H groups in total. The van der Waals surface area contributed by atoms with Crippen molar-refractivity contribution in [3.8, 4) is 0 Å². The number of nitrogens with zero attached hydrogens (tertiary/aromatic N) is 8. The first-order valence-electron chi connectivity index (χ1n) is 12.2. The molecular formula is C24H20ClF3N8S. The van der Waals surface area contributed by atoms with E-state index in [0.29, 0.717) is 43.5 Å². The molecule has 37 heavy (non-hydrogen) atoms. The summed E-state index contributed by atoms with van der Waals surface area (Å²) >= 11 is 7.29. The molecule has 190 valence electrons. The summed E-state index contributed by atoms with van der Waals surface area (Å²) in [4.78, 5) is 18.1. The number of fused-ring (bicyclic) bond motifs is 5. The van der Waals surface area contributed by atoms with Gasteiger partial charge in [-0.25, -0.2) is 29.1 Å². The van der Waals surface area contributed by atoms with Gasteiger partial charge < -0.3 is 0 Å². The van der Waals surface area contributed by atoms with Crippen LogP contribution in [-0.4, -0.2) is 39.3 Å². The average Bonchev–Trinajstić information content (AvgIpc) is 3.53. The van der Waals surface area contributed by atoms with Crippen molar-refractivity contribution >= 4 is 49.0 Å². The van der Waals surface area contributed by atoms with Crippen LogP contribution in [0.2, 0.25) is 5.28 Å². The van der Waals surface area contributed by atoms with Crippen molar-refractivity contribution < 1.29 is 13.2 Å². The number of alkyl halides is 3. The van der Waals surface area contributed by atoms with Gasteiger partial charge >= 0.3 is 6.18 Å². The maximum absolute atomic E-state index is 13.4. The second-order valence-electron chi connectivity index (χ2n) is 11.2. The Morgan fingerprint density at radius 1 is 1.05 bits per heavy atom. The van der Waals surface area contributed by atoms with E-state index in [1.54, 1.807) is 24.1 Å². The molecule has 0 amide bonds. The van der Waals surface area contributed by atoms with Crippen molar-refractivity contribution in [2.24, 2.45) is 11.8 Å². The van der Waals surface area contributed by atoms with E-state index in [0.717, 1.165) is 44.0 Å². The van der Waals surface area contributed by atoms with E-state index in [1.807, 2.05) is 4.68 Å². The van der Waals surface area contributed by atoms with Crippen LogP contribution in [0, 0.1) is 18.8 Å². The van der Waals surface area contributed by atoms with Gasteiger partial charge in [0.1, 0.15) is 27.9 Å². The summed E-state index contributed by atoms with van der Waals surface area (Å²) in [5.41, 5.74) is 0.481. The monoisotopic (exact) mass is 544 g/mol. The summed E-state index contributed by atoms with van der Waals surface area (Å²) < 4.78 is 44.6. The maximum atomic E-state index is 13.4. The summed E-state index contributed by atoms with van der Waals surface area (Å²) in [5, 5.41) is 10.3. The molecule has 4 fully saturated rings. The number of hydrogen-bond donors (Lipinski definition) is 0. The number of thiophene rings is 1. The Balaban J connectivity index is 1.29. The third-order valence-corrected chi connectivity index (χ3v) is 9.95. The normalized spacial score (nSPS) is 29.3. The lowest BCUT2D eigenvalue weighted by molar-refractivity contribution is -0.141. The molecule has 5 heterocycles. The molecule has 2 atom stereocenters.